The van der Waals surface area contributed by atoms with E-state index in [4.69, 9.17) is 0 Å². The SMILES string of the molecule is OC12C=CC(=CC1)C2. The molecule has 0 aliphatic heterocycles. The highest BCUT2D eigenvalue weighted by Gasteiger charge is 2.32. The molecule has 8 heavy (non-hydrogen) atoms. The molecule has 0 aromatic carbocycles. The monoisotopic (exact) mass is 108 g/mol. The van der Waals surface area contributed by atoms with Gasteiger partial charge in [-0.05, 0) is 12.0 Å². The molecule has 1 atom stereocenters. The lowest BCUT2D eigenvalue weighted by Crippen LogP contribution is -2.18. The molecule has 0 radical (unpaired) electrons. The zero-order valence-electron chi connectivity index (χ0n) is 4.59. The fraction of sp³-hybridized carbons (Fsp3) is 0.429. The van der Waals surface area contributed by atoms with Crippen molar-refractivity contribution in [1.29, 1.82) is 0 Å². The molecule has 2 bridgehead atoms. The van der Waals surface area contributed by atoms with Crippen molar-refractivity contribution in [1.82, 2.24) is 0 Å². The van der Waals surface area contributed by atoms with Crippen molar-refractivity contribution < 1.29 is 5.11 Å². The molecule has 2 rings (SSSR count). The van der Waals surface area contributed by atoms with E-state index in [0.717, 1.165) is 12.8 Å². The third-order valence-corrected chi connectivity index (χ3v) is 1.84. The topological polar surface area (TPSA) is 20.2 Å². The number of fused-ring (bicyclic) bond motifs is 2. The van der Waals surface area contributed by atoms with Gasteiger partial charge < -0.3 is 5.11 Å². The fourth-order valence-electron chi connectivity index (χ4n) is 1.32. The third kappa shape index (κ3) is 0.397. The number of hydrogen-bond acceptors (Lipinski definition) is 1. The standard InChI is InChI=1S/C7H8O/c8-7-3-1-6(5-7)2-4-7/h1-3,8H,4-5H2. The molecule has 0 spiro atoms. The van der Waals surface area contributed by atoms with E-state index >= 15 is 0 Å². The number of hydrogen-bond donors (Lipinski definition) is 1. The molecule has 0 aromatic heterocycles. The maximum Gasteiger partial charge on any atom is 0.0905 e. The summed E-state index contributed by atoms with van der Waals surface area (Å²) in [6, 6.07) is 0. The Morgan fingerprint density at radius 1 is 1.62 bits per heavy atom. The van der Waals surface area contributed by atoms with Crippen LogP contribution in [0.4, 0.5) is 0 Å². The van der Waals surface area contributed by atoms with Crippen molar-refractivity contribution in [3.63, 3.8) is 0 Å². The molecule has 1 N–H and O–H groups in total. The Hall–Kier alpha value is -0.560. The molecule has 1 heteroatoms. The highest BCUT2D eigenvalue weighted by Crippen LogP contribution is 2.36. The fourth-order valence-corrected chi connectivity index (χ4v) is 1.32. The van der Waals surface area contributed by atoms with E-state index in [1.807, 2.05) is 12.2 Å². The largest absolute Gasteiger partial charge is 0.385 e. The lowest BCUT2D eigenvalue weighted by Gasteiger charge is -2.12. The minimum atomic E-state index is -0.463. The van der Waals surface area contributed by atoms with Gasteiger partial charge in [0.25, 0.3) is 0 Å². The first-order valence-corrected chi connectivity index (χ1v) is 2.89. The van der Waals surface area contributed by atoms with Gasteiger partial charge in [-0.3, -0.25) is 0 Å². The quantitative estimate of drug-likeness (QED) is 0.491. The second-order valence-electron chi connectivity index (χ2n) is 2.60. The van der Waals surface area contributed by atoms with E-state index in [1.165, 1.54) is 5.57 Å². The van der Waals surface area contributed by atoms with Crippen molar-refractivity contribution in [3.05, 3.63) is 23.8 Å². The Labute approximate surface area is 48.3 Å². The van der Waals surface area contributed by atoms with E-state index in [9.17, 15) is 5.11 Å². The van der Waals surface area contributed by atoms with Gasteiger partial charge in [0.2, 0.25) is 0 Å². The molecule has 0 saturated heterocycles. The lowest BCUT2D eigenvalue weighted by molar-refractivity contribution is 0.109. The van der Waals surface area contributed by atoms with Crippen LogP contribution in [0, 0.1) is 0 Å². The molecular weight excluding hydrogens is 100 g/mol. The molecule has 1 unspecified atom stereocenters. The third-order valence-electron chi connectivity index (χ3n) is 1.84. The molecule has 2 aliphatic carbocycles. The van der Waals surface area contributed by atoms with Gasteiger partial charge in [0.15, 0.2) is 0 Å². The predicted octanol–water partition coefficient (Wildman–Crippen LogP) is 1.01. The minimum absolute atomic E-state index is 0.463. The second kappa shape index (κ2) is 1.06. The van der Waals surface area contributed by atoms with Crippen LogP contribution in [0.5, 0.6) is 0 Å². The average molecular weight is 108 g/mol. The van der Waals surface area contributed by atoms with Crippen LogP contribution < -0.4 is 0 Å². The van der Waals surface area contributed by atoms with Gasteiger partial charge in [-0.2, -0.15) is 0 Å². The van der Waals surface area contributed by atoms with Gasteiger partial charge in [-0.15, -0.1) is 0 Å². The number of rotatable bonds is 0. The number of allylic oxidation sites excluding steroid dienone is 1. The summed E-state index contributed by atoms with van der Waals surface area (Å²) in [5.74, 6) is 0. The van der Waals surface area contributed by atoms with E-state index < -0.39 is 5.60 Å². The maximum absolute atomic E-state index is 9.40. The summed E-state index contributed by atoms with van der Waals surface area (Å²) in [6.07, 6.45) is 7.68. The number of aliphatic hydroxyl groups is 1. The summed E-state index contributed by atoms with van der Waals surface area (Å²) in [4.78, 5) is 0. The lowest BCUT2D eigenvalue weighted by atomic mass is 10.1. The van der Waals surface area contributed by atoms with Crippen LogP contribution >= 0.6 is 0 Å². The first-order chi connectivity index (χ1) is 3.79. The van der Waals surface area contributed by atoms with Crippen LogP contribution in [-0.2, 0) is 0 Å². The molecule has 2 aliphatic rings. The van der Waals surface area contributed by atoms with Crippen molar-refractivity contribution in [2.24, 2.45) is 0 Å². The summed E-state index contributed by atoms with van der Waals surface area (Å²) in [5, 5.41) is 9.40. The Balaban J connectivity index is 2.45. The first-order valence-electron chi connectivity index (χ1n) is 2.89. The first kappa shape index (κ1) is 4.33. The zero-order valence-corrected chi connectivity index (χ0v) is 4.59. The maximum atomic E-state index is 9.40. The normalized spacial score (nSPS) is 40.9. The van der Waals surface area contributed by atoms with Crippen molar-refractivity contribution in [2.45, 2.75) is 18.4 Å². The van der Waals surface area contributed by atoms with Gasteiger partial charge in [-0.1, -0.05) is 18.2 Å². The van der Waals surface area contributed by atoms with E-state index in [-0.39, 0.29) is 0 Å². The van der Waals surface area contributed by atoms with Crippen LogP contribution in [0.3, 0.4) is 0 Å². The summed E-state index contributed by atoms with van der Waals surface area (Å²) >= 11 is 0. The van der Waals surface area contributed by atoms with E-state index in [1.54, 1.807) is 0 Å². The van der Waals surface area contributed by atoms with Crippen LogP contribution in [0.25, 0.3) is 0 Å². The molecule has 42 valence electrons. The van der Waals surface area contributed by atoms with E-state index in [2.05, 4.69) is 6.08 Å². The van der Waals surface area contributed by atoms with Gasteiger partial charge in [0, 0.05) is 6.42 Å². The Bertz CT molecular complexity index is 179. The van der Waals surface area contributed by atoms with Gasteiger partial charge >= 0.3 is 0 Å². The van der Waals surface area contributed by atoms with Gasteiger partial charge in [-0.25, -0.2) is 0 Å². The molecular formula is C7H8O. The summed E-state index contributed by atoms with van der Waals surface area (Å²) < 4.78 is 0. The molecule has 0 aromatic rings. The summed E-state index contributed by atoms with van der Waals surface area (Å²) in [5.41, 5.74) is 0.836. The summed E-state index contributed by atoms with van der Waals surface area (Å²) in [7, 11) is 0. The van der Waals surface area contributed by atoms with Crippen LogP contribution in [0.15, 0.2) is 23.8 Å². The summed E-state index contributed by atoms with van der Waals surface area (Å²) in [6.45, 7) is 0. The second-order valence-corrected chi connectivity index (χ2v) is 2.60. The Morgan fingerprint density at radius 2 is 2.50 bits per heavy atom. The highest BCUT2D eigenvalue weighted by molar-refractivity contribution is 5.38. The van der Waals surface area contributed by atoms with Crippen molar-refractivity contribution in [3.8, 4) is 0 Å². The zero-order chi connectivity index (χ0) is 5.61. The minimum Gasteiger partial charge on any atom is -0.385 e. The smallest absolute Gasteiger partial charge is 0.0905 e. The molecule has 0 heterocycles. The highest BCUT2D eigenvalue weighted by atomic mass is 16.3. The molecule has 0 amide bonds. The molecule has 1 nitrogen and oxygen atoms in total. The molecule has 0 fully saturated rings. The predicted molar refractivity (Wildman–Crippen MR) is 31.4 cm³/mol. The Kier molecular flexibility index (Phi) is 0.571. The molecule has 0 saturated carbocycles. The average Bonchev–Trinajstić information content (AvgIpc) is 2.21. The Morgan fingerprint density at radius 3 is 2.62 bits per heavy atom. The van der Waals surface area contributed by atoms with Crippen molar-refractivity contribution in [2.75, 3.05) is 0 Å². The van der Waals surface area contributed by atoms with Crippen LogP contribution in [0.1, 0.15) is 12.8 Å². The van der Waals surface area contributed by atoms with Gasteiger partial charge in [0.05, 0.1) is 5.60 Å². The van der Waals surface area contributed by atoms with E-state index in [0.29, 0.717) is 0 Å². The van der Waals surface area contributed by atoms with Gasteiger partial charge in [0.1, 0.15) is 0 Å². The van der Waals surface area contributed by atoms with Crippen LogP contribution in [0.2, 0.25) is 0 Å². The van der Waals surface area contributed by atoms with Crippen LogP contribution in [-0.4, -0.2) is 10.7 Å². The van der Waals surface area contributed by atoms with Crippen molar-refractivity contribution >= 4 is 0 Å².